The van der Waals surface area contributed by atoms with Crippen molar-refractivity contribution in [2.45, 2.75) is 19.3 Å². The van der Waals surface area contributed by atoms with Crippen LogP contribution in [-0.4, -0.2) is 29.4 Å². The molecule has 72 valence electrons. The highest BCUT2D eigenvalue weighted by Crippen LogP contribution is 2.12. The van der Waals surface area contributed by atoms with E-state index in [1.807, 2.05) is 0 Å². The second kappa shape index (κ2) is 3.99. The Balaban J connectivity index is 2.48. The Morgan fingerprint density at radius 2 is 1.92 bits per heavy atom. The van der Waals surface area contributed by atoms with Gasteiger partial charge >= 0.3 is 5.97 Å². The number of hydrogen-bond acceptors (Lipinski definition) is 5. The van der Waals surface area contributed by atoms with E-state index in [2.05, 4.69) is 4.84 Å². The molecule has 1 fully saturated rings. The maximum atomic E-state index is 10.9. The number of nitrogens with two attached hydrogens (primary N) is 1. The lowest BCUT2D eigenvalue weighted by Crippen LogP contribution is -2.32. The monoisotopic (exact) mass is 186 g/mol. The van der Waals surface area contributed by atoms with Gasteiger partial charge in [-0.1, -0.05) is 0 Å². The van der Waals surface area contributed by atoms with Crippen LogP contribution >= 0.6 is 0 Å². The normalized spacial score (nSPS) is 16.5. The summed E-state index contributed by atoms with van der Waals surface area (Å²) in [6.45, 7) is 0.134. The molecule has 1 aliphatic rings. The summed E-state index contributed by atoms with van der Waals surface area (Å²) in [5, 5.41) is 0.512. The van der Waals surface area contributed by atoms with E-state index in [-0.39, 0.29) is 25.8 Å². The van der Waals surface area contributed by atoms with Gasteiger partial charge in [0.1, 0.15) is 0 Å². The van der Waals surface area contributed by atoms with Crippen LogP contribution in [0.3, 0.4) is 0 Å². The number of hydrogen-bond donors (Lipinski definition) is 1. The molecule has 0 aromatic carbocycles. The quantitative estimate of drug-likeness (QED) is 0.567. The molecule has 0 aromatic rings. The molecule has 0 spiro atoms. The maximum absolute atomic E-state index is 10.9. The van der Waals surface area contributed by atoms with Gasteiger partial charge in [0.2, 0.25) is 0 Å². The third-order valence-electron chi connectivity index (χ3n) is 1.55. The van der Waals surface area contributed by atoms with Crippen molar-refractivity contribution in [3.05, 3.63) is 0 Å². The number of nitrogens with zero attached hydrogens (tertiary/aromatic N) is 1. The molecule has 0 aliphatic carbocycles. The zero-order valence-corrected chi connectivity index (χ0v) is 6.99. The second-order valence-corrected chi connectivity index (χ2v) is 2.58. The molecule has 1 rings (SSSR count). The van der Waals surface area contributed by atoms with Crippen LogP contribution in [0.4, 0.5) is 0 Å². The van der Waals surface area contributed by atoms with Crippen LogP contribution < -0.4 is 5.73 Å². The Hall–Kier alpha value is -1.43. The van der Waals surface area contributed by atoms with Gasteiger partial charge in [-0.3, -0.25) is 9.59 Å². The Kier molecular flexibility index (Phi) is 2.97. The van der Waals surface area contributed by atoms with Gasteiger partial charge in [0.25, 0.3) is 11.8 Å². The molecule has 1 aliphatic heterocycles. The molecule has 1 heterocycles. The minimum absolute atomic E-state index is 0.00292. The van der Waals surface area contributed by atoms with Gasteiger partial charge in [-0.2, -0.15) is 0 Å². The SMILES string of the molecule is NCCC(=O)ON1C(=O)CCC1=O. The molecule has 0 saturated carbocycles. The van der Waals surface area contributed by atoms with Crippen LogP contribution in [0, 0.1) is 0 Å². The molecule has 0 radical (unpaired) electrons. The molecule has 6 nitrogen and oxygen atoms in total. The van der Waals surface area contributed by atoms with E-state index >= 15 is 0 Å². The minimum atomic E-state index is -0.661. The highest BCUT2D eigenvalue weighted by atomic mass is 16.7. The zero-order valence-electron chi connectivity index (χ0n) is 6.99. The average molecular weight is 186 g/mol. The third-order valence-corrected chi connectivity index (χ3v) is 1.55. The number of carbonyl (C=O) groups is 3. The number of hydroxylamine groups is 2. The lowest BCUT2D eigenvalue weighted by Gasteiger charge is -2.11. The fraction of sp³-hybridized carbons (Fsp3) is 0.571. The van der Waals surface area contributed by atoms with Gasteiger partial charge < -0.3 is 10.6 Å². The first-order chi connectivity index (χ1) is 6.15. The molecule has 0 bridgehead atoms. The van der Waals surface area contributed by atoms with Crippen molar-refractivity contribution < 1.29 is 19.2 Å². The van der Waals surface area contributed by atoms with Crippen LogP contribution in [0.1, 0.15) is 19.3 Å². The predicted octanol–water partition coefficient (Wildman–Crippen LogP) is -1.06. The summed E-state index contributed by atoms with van der Waals surface area (Å²) in [6, 6.07) is 0. The lowest BCUT2D eigenvalue weighted by molar-refractivity contribution is -0.197. The van der Waals surface area contributed by atoms with E-state index in [9.17, 15) is 14.4 Å². The van der Waals surface area contributed by atoms with Crippen molar-refractivity contribution in [3.63, 3.8) is 0 Å². The van der Waals surface area contributed by atoms with Gasteiger partial charge in [-0.25, -0.2) is 4.79 Å². The number of carbonyl (C=O) groups excluding carboxylic acids is 3. The Morgan fingerprint density at radius 1 is 1.38 bits per heavy atom. The molecule has 2 amide bonds. The third kappa shape index (κ3) is 2.25. The van der Waals surface area contributed by atoms with Gasteiger partial charge in [-0.15, -0.1) is 5.06 Å². The van der Waals surface area contributed by atoms with Crippen molar-refractivity contribution in [3.8, 4) is 0 Å². The van der Waals surface area contributed by atoms with E-state index < -0.39 is 17.8 Å². The van der Waals surface area contributed by atoms with Gasteiger partial charge in [0.15, 0.2) is 0 Å². The maximum Gasteiger partial charge on any atom is 0.334 e. The molecule has 6 heteroatoms. The van der Waals surface area contributed by atoms with Crippen molar-refractivity contribution in [2.75, 3.05) is 6.54 Å². The summed E-state index contributed by atoms with van der Waals surface area (Å²) in [7, 11) is 0. The smallest absolute Gasteiger partial charge is 0.330 e. The average Bonchev–Trinajstić information content (AvgIpc) is 2.36. The molecule has 2 N–H and O–H groups in total. The van der Waals surface area contributed by atoms with Crippen LogP contribution in [0.15, 0.2) is 0 Å². The van der Waals surface area contributed by atoms with Crippen LogP contribution in [-0.2, 0) is 19.2 Å². The van der Waals surface area contributed by atoms with Crippen LogP contribution in [0.25, 0.3) is 0 Å². The van der Waals surface area contributed by atoms with Crippen molar-refractivity contribution >= 4 is 17.8 Å². The Labute approximate surface area is 74.6 Å². The fourth-order valence-electron chi connectivity index (χ4n) is 0.923. The van der Waals surface area contributed by atoms with Gasteiger partial charge in [0, 0.05) is 19.4 Å². The molecule has 0 atom stereocenters. The van der Waals surface area contributed by atoms with Crippen molar-refractivity contribution in [1.29, 1.82) is 0 Å². The lowest BCUT2D eigenvalue weighted by atomic mass is 10.4. The first-order valence-electron chi connectivity index (χ1n) is 3.92. The molecular formula is C7H10N2O4. The number of rotatable bonds is 3. The van der Waals surface area contributed by atoms with Crippen molar-refractivity contribution in [2.24, 2.45) is 5.73 Å². The summed E-state index contributed by atoms with van der Waals surface area (Å²) < 4.78 is 0. The van der Waals surface area contributed by atoms with E-state index in [4.69, 9.17) is 5.73 Å². The summed E-state index contributed by atoms with van der Waals surface area (Å²) in [5.74, 6) is -1.61. The zero-order chi connectivity index (χ0) is 9.84. The van der Waals surface area contributed by atoms with E-state index in [0.29, 0.717) is 5.06 Å². The first kappa shape index (κ1) is 9.66. The summed E-state index contributed by atoms with van der Waals surface area (Å²) in [6.07, 6.45) is 0.209. The summed E-state index contributed by atoms with van der Waals surface area (Å²) in [4.78, 5) is 37.2. The second-order valence-electron chi connectivity index (χ2n) is 2.58. The topological polar surface area (TPSA) is 89.7 Å². The minimum Gasteiger partial charge on any atom is -0.330 e. The fourth-order valence-corrected chi connectivity index (χ4v) is 0.923. The summed E-state index contributed by atoms with van der Waals surface area (Å²) in [5.41, 5.74) is 5.08. The van der Waals surface area contributed by atoms with Crippen molar-refractivity contribution in [1.82, 2.24) is 5.06 Å². The molecule has 1 saturated heterocycles. The van der Waals surface area contributed by atoms with Gasteiger partial charge in [0.05, 0.1) is 6.42 Å². The number of amides is 2. The standard InChI is InChI=1S/C7H10N2O4/c8-4-3-7(12)13-9-5(10)1-2-6(9)11/h1-4,8H2. The first-order valence-corrected chi connectivity index (χ1v) is 3.92. The number of imide groups is 1. The highest BCUT2D eigenvalue weighted by Gasteiger charge is 2.32. The largest absolute Gasteiger partial charge is 0.334 e. The Morgan fingerprint density at radius 3 is 2.38 bits per heavy atom. The molecule has 0 unspecified atom stereocenters. The van der Waals surface area contributed by atoms with E-state index in [1.54, 1.807) is 0 Å². The Bertz CT molecular complexity index is 235. The highest BCUT2D eigenvalue weighted by molar-refractivity contribution is 6.01. The molecule has 13 heavy (non-hydrogen) atoms. The predicted molar refractivity (Wildman–Crippen MR) is 40.9 cm³/mol. The van der Waals surface area contributed by atoms with Crippen LogP contribution in [0.5, 0.6) is 0 Å². The molecule has 0 aromatic heterocycles. The van der Waals surface area contributed by atoms with Gasteiger partial charge in [-0.05, 0) is 0 Å². The van der Waals surface area contributed by atoms with E-state index in [1.165, 1.54) is 0 Å². The summed E-state index contributed by atoms with van der Waals surface area (Å²) >= 11 is 0. The van der Waals surface area contributed by atoms with E-state index in [0.717, 1.165) is 0 Å². The van der Waals surface area contributed by atoms with Crippen LogP contribution in [0.2, 0.25) is 0 Å². The molecular weight excluding hydrogens is 176 g/mol.